The molecule has 2 nitrogen and oxygen atoms in total. The van der Waals surface area contributed by atoms with Crippen LogP contribution < -0.4 is 4.90 Å². The molecule has 0 atom stereocenters. The SMILES string of the molecule is Cc1cccc2sc3ccc(-c4ccc(N(c5ccc(-c6ccccc6)cc5)c5ccc(-c6ccc7oc8ccccc8c7c6)cc5)cc4)cc3c12. The van der Waals surface area contributed by atoms with Gasteiger partial charge in [0.1, 0.15) is 11.2 Å². The highest BCUT2D eigenvalue weighted by Gasteiger charge is 2.15. The van der Waals surface area contributed by atoms with E-state index in [1.165, 1.54) is 53.6 Å². The highest BCUT2D eigenvalue weighted by Crippen LogP contribution is 2.41. The minimum absolute atomic E-state index is 0.911. The predicted octanol–water partition coefficient (Wildman–Crippen LogP) is 14.7. The largest absolute Gasteiger partial charge is 0.456 e. The van der Waals surface area contributed by atoms with Crippen molar-refractivity contribution in [3.63, 3.8) is 0 Å². The number of rotatable bonds is 6. The highest BCUT2D eigenvalue weighted by molar-refractivity contribution is 7.25. The van der Waals surface area contributed by atoms with Crippen molar-refractivity contribution < 1.29 is 4.42 Å². The van der Waals surface area contributed by atoms with Gasteiger partial charge in [-0.3, -0.25) is 0 Å². The Morgan fingerprint density at radius 3 is 1.58 bits per heavy atom. The second-order valence-electron chi connectivity index (χ2n) is 13.4. The van der Waals surface area contributed by atoms with Crippen molar-refractivity contribution >= 4 is 70.5 Å². The molecule has 0 radical (unpaired) electrons. The second-order valence-corrected chi connectivity index (χ2v) is 14.5. The molecule has 0 fully saturated rings. The van der Waals surface area contributed by atoms with Crippen LogP contribution in [0.25, 0.3) is 75.5 Å². The first-order valence-electron chi connectivity index (χ1n) is 17.7. The smallest absolute Gasteiger partial charge is 0.135 e. The normalized spacial score (nSPS) is 11.6. The van der Waals surface area contributed by atoms with Gasteiger partial charge in [-0.25, -0.2) is 0 Å². The van der Waals surface area contributed by atoms with Crippen molar-refractivity contribution in [3.05, 3.63) is 188 Å². The third-order valence-electron chi connectivity index (χ3n) is 10.2. The number of benzene rings is 8. The zero-order valence-corrected chi connectivity index (χ0v) is 29.4. The van der Waals surface area contributed by atoms with Crippen molar-refractivity contribution in [2.45, 2.75) is 6.92 Å². The molecule has 10 rings (SSSR count). The van der Waals surface area contributed by atoms with Crippen LogP contribution in [-0.2, 0) is 0 Å². The summed E-state index contributed by atoms with van der Waals surface area (Å²) in [5.41, 5.74) is 13.6. The third kappa shape index (κ3) is 5.26. The van der Waals surface area contributed by atoms with Gasteiger partial charge in [0.25, 0.3) is 0 Å². The summed E-state index contributed by atoms with van der Waals surface area (Å²) in [5.74, 6) is 0. The minimum atomic E-state index is 0.911. The first-order valence-corrected chi connectivity index (χ1v) is 18.5. The van der Waals surface area contributed by atoms with E-state index in [1.807, 2.05) is 23.5 Å². The van der Waals surface area contributed by atoms with Gasteiger partial charge in [0.15, 0.2) is 0 Å². The summed E-state index contributed by atoms with van der Waals surface area (Å²) in [7, 11) is 0. The van der Waals surface area contributed by atoms with E-state index in [0.29, 0.717) is 0 Å². The molecule has 2 heterocycles. The summed E-state index contributed by atoms with van der Waals surface area (Å²) in [6.45, 7) is 2.21. The lowest BCUT2D eigenvalue weighted by molar-refractivity contribution is 0.669. The van der Waals surface area contributed by atoms with Gasteiger partial charge in [0, 0.05) is 48.0 Å². The van der Waals surface area contributed by atoms with Crippen LogP contribution in [0.5, 0.6) is 0 Å². The van der Waals surface area contributed by atoms with Gasteiger partial charge in [0.05, 0.1) is 0 Å². The van der Waals surface area contributed by atoms with E-state index in [4.69, 9.17) is 4.42 Å². The van der Waals surface area contributed by atoms with Gasteiger partial charge in [-0.05, 0) is 119 Å². The molecule has 0 bridgehead atoms. The molecular weight excluding hydrogens is 651 g/mol. The standard InChI is InChI=1S/C49H33NOS/c1-32-8-7-13-48-49(32)44-31-38(21-29-47(44)52-48)36-18-26-41(27-19-36)50(39-22-14-34(15-23-39)33-9-3-2-4-10-33)40-24-16-35(17-25-40)37-20-28-46-43(30-37)42-11-5-6-12-45(42)51-46/h2-31H,1H3. The Balaban J connectivity index is 1.03. The van der Waals surface area contributed by atoms with Crippen molar-refractivity contribution in [1.29, 1.82) is 0 Å². The predicted molar refractivity (Wildman–Crippen MR) is 222 cm³/mol. The number of furan rings is 1. The van der Waals surface area contributed by atoms with E-state index >= 15 is 0 Å². The molecule has 0 aliphatic rings. The average Bonchev–Trinajstić information content (AvgIpc) is 3.78. The maximum Gasteiger partial charge on any atom is 0.135 e. The quantitative estimate of drug-likeness (QED) is 0.173. The lowest BCUT2D eigenvalue weighted by Gasteiger charge is -2.26. The molecule has 0 N–H and O–H groups in total. The highest BCUT2D eigenvalue weighted by atomic mass is 32.1. The second kappa shape index (κ2) is 12.4. The number of nitrogens with zero attached hydrogens (tertiary/aromatic N) is 1. The van der Waals surface area contributed by atoms with Gasteiger partial charge in [-0.2, -0.15) is 0 Å². The van der Waals surface area contributed by atoms with Gasteiger partial charge < -0.3 is 9.32 Å². The Bertz CT molecular complexity index is 2880. The van der Waals surface area contributed by atoms with E-state index in [0.717, 1.165) is 44.6 Å². The van der Waals surface area contributed by atoms with E-state index in [-0.39, 0.29) is 0 Å². The van der Waals surface area contributed by atoms with Crippen LogP contribution in [0.2, 0.25) is 0 Å². The topological polar surface area (TPSA) is 16.4 Å². The Kier molecular flexibility index (Phi) is 7.26. The van der Waals surface area contributed by atoms with Crippen molar-refractivity contribution in [2.24, 2.45) is 0 Å². The molecule has 2 aromatic heterocycles. The molecular formula is C49H33NOS. The Hall–Kier alpha value is -6.42. The summed E-state index contributed by atoms with van der Waals surface area (Å²) >= 11 is 1.87. The fourth-order valence-corrected chi connectivity index (χ4v) is 8.74. The van der Waals surface area contributed by atoms with Crippen LogP contribution in [0.15, 0.2) is 186 Å². The summed E-state index contributed by atoms with van der Waals surface area (Å²) in [6.07, 6.45) is 0. The van der Waals surface area contributed by atoms with Gasteiger partial charge in [-0.15, -0.1) is 11.3 Å². The first kappa shape index (κ1) is 30.4. The fourth-order valence-electron chi connectivity index (χ4n) is 7.58. The molecule has 0 amide bonds. The van der Waals surface area contributed by atoms with Gasteiger partial charge in [-0.1, -0.05) is 109 Å². The maximum atomic E-state index is 6.10. The molecule has 0 spiro atoms. The fraction of sp³-hybridized carbons (Fsp3) is 0.0204. The molecule has 0 aliphatic carbocycles. The summed E-state index contributed by atoms with van der Waals surface area (Å²) in [5, 5.41) is 4.98. The molecule has 0 saturated heterocycles. The Morgan fingerprint density at radius 1 is 0.385 bits per heavy atom. The lowest BCUT2D eigenvalue weighted by Crippen LogP contribution is -2.09. The number of para-hydroxylation sites is 1. The Morgan fingerprint density at radius 2 is 0.904 bits per heavy atom. The van der Waals surface area contributed by atoms with Crippen LogP contribution >= 0.6 is 11.3 Å². The van der Waals surface area contributed by atoms with Crippen LogP contribution in [0.4, 0.5) is 17.1 Å². The molecule has 246 valence electrons. The van der Waals surface area contributed by atoms with Crippen molar-refractivity contribution in [2.75, 3.05) is 4.90 Å². The van der Waals surface area contributed by atoms with Crippen molar-refractivity contribution in [1.82, 2.24) is 0 Å². The maximum absolute atomic E-state index is 6.10. The summed E-state index contributed by atoms with van der Waals surface area (Å²) in [6, 6.07) is 65.5. The van der Waals surface area contributed by atoms with Gasteiger partial charge in [0.2, 0.25) is 0 Å². The van der Waals surface area contributed by atoms with Crippen LogP contribution in [-0.4, -0.2) is 0 Å². The van der Waals surface area contributed by atoms with Crippen LogP contribution in [0, 0.1) is 6.92 Å². The monoisotopic (exact) mass is 683 g/mol. The minimum Gasteiger partial charge on any atom is -0.456 e. The molecule has 0 saturated carbocycles. The van der Waals surface area contributed by atoms with E-state index in [2.05, 4.69) is 182 Å². The molecule has 0 aliphatic heterocycles. The third-order valence-corrected chi connectivity index (χ3v) is 11.4. The van der Waals surface area contributed by atoms with Crippen molar-refractivity contribution in [3.8, 4) is 33.4 Å². The molecule has 0 unspecified atom stereocenters. The summed E-state index contributed by atoms with van der Waals surface area (Å²) in [4.78, 5) is 2.34. The Labute approximate surface area is 306 Å². The average molecular weight is 684 g/mol. The van der Waals surface area contributed by atoms with E-state index in [9.17, 15) is 0 Å². The lowest BCUT2D eigenvalue weighted by atomic mass is 10.0. The number of thiophene rings is 1. The number of aryl methyl sites for hydroxylation is 1. The van der Waals surface area contributed by atoms with Gasteiger partial charge >= 0.3 is 0 Å². The zero-order valence-electron chi connectivity index (χ0n) is 28.6. The number of fused-ring (bicyclic) bond motifs is 6. The number of hydrogen-bond donors (Lipinski definition) is 0. The van der Waals surface area contributed by atoms with E-state index < -0.39 is 0 Å². The van der Waals surface area contributed by atoms with E-state index in [1.54, 1.807) is 0 Å². The molecule has 10 aromatic rings. The molecule has 52 heavy (non-hydrogen) atoms. The molecule has 3 heteroatoms. The van der Waals surface area contributed by atoms with Crippen LogP contribution in [0.1, 0.15) is 5.56 Å². The first-order chi connectivity index (χ1) is 25.7. The molecule has 8 aromatic carbocycles. The summed E-state index contributed by atoms with van der Waals surface area (Å²) < 4.78 is 8.77. The zero-order chi connectivity index (χ0) is 34.6. The number of hydrogen-bond acceptors (Lipinski definition) is 3. The number of anilines is 3. The van der Waals surface area contributed by atoms with Crippen LogP contribution in [0.3, 0.4) is 0 Å².